The molecule has 1 saturated carbocycles. The predicted molar refractivity (Wildman–Crippen MR) is 98.9 cm³/mol. The van der Waals surface area contributed by atoms with Gasteiger partial charge < -0.3 is 16.0 Å². The average molecular weight is 396 g/mol. The van der Waals surface area contributed by atoms with Crippen LogP contribution in [-0.2, 0) is 0 Å². The van der Waals surface area contributed by atoms with Gasteiger partial charge in [-0.2, -0.15) is 0 Å². The standard InChI is InChI=1S/C15H32N4.HI/c1-15(2,12-19(3)4)11-17-14(16)18-13-9-7-5-6-8-10-13;/h13H,5-12H2,1-4H3,(H3,16,17,18);1H. The first-order valence-corrected chi connectivity index (χ1v) is 7.60. The first-order valence-electron chi connectivity index (χ1n) is 7.60. The second-order valence-electron chi connectivity index (χ2n) is 6.94. The summed E-state index contributed by atoms with van der Waals surface area (Å²) in [7, 11) is 4.19. The fraction of sp³-hybridized carbons (Fsp3) is 0.933. The molecular weight excluding hydrogens is 363 g/mol. The number of hydrogen-bond donors (Lipinski definition) is 2. The maximum atomic E-state index is 6.02. The van der Waals surface area contributed by atoms with Crippen molar-refractivity contribution in [2.24, 2.45) is 16.1 Å². The molecule has 120 valence electrons. The fourth-order valence-corrected chi connectivity index (χ4v) is 2.88. The number of hydrogen-bond acceptors (Lipinski definition) is 2. The Morgan fingerprint density at radius 3 is 2.25 bits per heavy atom. The molecule has 0 aromatic heterocycles. The summed E-state index contributed by atoms with van der Waals surface area (Å²) in [5, 5.41) is 3.40. The first kappa shape index (κ1) is 20.0. The predicted octanol–water partition coefficient (Wildman–Crippen LogP) is 2.82. The largest absolute Gasteiger partial charge is 0.370 e. The third-order valence-electron chi connectivity index (χ3n) is 3.63. The Bertz CT molecular complexity index is 282. The highest BCUT2D eigenvalue weighted by molar-refractivity contribution is 14.0. The quantitative estimate of drug-likeness (QED) is 0.325. The monoisotopic (exact) mass is 396 g/mol. The summed E-state index contributed by atoms with van der Waals surface area (Å²) in [6.07, 6.45) is 7.83. The van der Waals surface area contributed by atoms with Gasteiger partial charge in [-0.05, 0) is 32.4 Å². The van der Waals surface area contributed by atoms with Gasteiger partial charge in [-0.3, -0.25) is 4.99 Å². The number of nitrogens with zero attached hydrogens (tertiary/aromatic N) is 2. The normalized spacial score (nSPS) is 18.6. The molecule has 3 N–H and O–H groups in total. The Morgan fingerprint density at radius 1 is 1.20 bits per heavy atom. The molecule has 1 aliphatic rings. The van der Waals surface area contributed by atoms with E-state index >= 15 is 0 Å². The molecule has 0 bridgehead atoms. The number of guanidine groups is 1. The lowest BCUT2D eigenvalue weighted by molar-refractivity contribution is 0.248. The summed E-state index contributed by atoms with van der Waals surface area (Å²) >= 11 is 0. The van der Waals surface area contributed by atoms with Crippen molar-refractivity contribution in [2.45, 2.75) is 58.4 Å². The van der Waals surface area contributed by atoms with E-state index in [1.54, 1.807) is 0 Å². The van der Waals surface area contributed by atoms with Crippen LogP contribution in [0.2, 0.25) is 0 Å². The molecule has 0 saturated heterocycles. The van der Waals surface area contributed by atoms with Crippen LogP contribution < -0.4 is 11.1 Å². The summed E-state index contributed by atoms with van der Waals surface area (Å²) in [5.74, 6) is 0.624. The van der Waals surface area contributed by atoms with Gasteiger partial charge in [-0.1, -0.05) is 39.5 Å². The topological polar surface area (TPSA) is 53.6 Å². The van der Waals surface area contributed by atoms with E-state index in [0.29, 0.717) is 12.0 Å². The zero-order valence-corrected chi connectivity index (χ0v) is 15.9. The van der Waals surface area contributed by atoms with Crippen molar-refractivity contribution < 1.29 is 0 Å². The Hall–Kier alpha value is -0.0400. The molecule has 0 radical (unpaired) electrons. The summed E-state index contributed by atoms with van der Waals surface area (Å²) in [6, 6.07) is 0.531. The maximum absolute atomic E-state index is 6.02. The van der Waals surface area contributed by atoms with Crippen molar-refractivity contribution in [1.29, 1.82) is 0 Å². The van der Waals surface area contributed by atoms with Crippen molar-refractivity contribution in [2.75, 3.05) is 27.2 Å². The Morgan fingerprint density at radius 2 is 1.75 bits per heavy atom. The SMILES string of the molecule is CN(C)CC(C)(C)CN=C(N)NC1CCCCCC1.I. The summed E-state index contributed by atoms with van der Waals surface area (Å²) in [5.41, 5.74) is 6.18. The molecule has 0 aromatic rings. The molecule has 0 unspecified atom stereocenters. The summed E-state index contributed by atoms with van der Waals surface area (Å²) in [6.45, 7) is 6.26. The van der Waals surface area contributed by atoms with Crippen molar-refractivity contribution in [3.63, 3.8) is 0 Å². The molecule has 0 aromatic carbocycles. The maximum Gasteiger partial charge on any atom is 0.188 e. The first-order chi connectivity index (χ1) is 8.89. The molecule has 0 spiro atoms. The highest BCUT2D eigenvalue weighted by atomic mass is 127. The van der Waals surface area contributed by atoms with Gasteiger partial charge in [0, 0.05) is 19.1 Å². The van der Waals surface area contributed by atoms with Crippen LogP contribution in [0, 0.1) is 5.41 Å². The average Bonchev–Trinajstić information content (AvgIpc) is 2.53. The number of nitrogens with one attached hydrogen (secondary N) is 1. The minimum Gasteiger partial charge on any atom is -0.370 e. The molecule has 0 aliphatic heterocycles. The lowest BCUT2D eigenvalue weighted by Gasteiger charge is -2.26. The number of nitrogens with two attached hydrogens (primary N) is 1. The third kappa shape index (κ3) is 9.00. The molecule has 1 fully saturated rings. The molecule has 5 heteroatoms. The molecule has 1 aliphatic carbocycles. The highest BCUT2D eigenvalue weighted by Crippen LogP contribution is 2.18. The second-order valence-corrected chi connectivity index (χ2v) is 6.94. The van der Waals surface area contributed by atoms with E-state index in [4.69, 9.17) is 5.73 Å². The lowest BCUT2D eigenvalue weighted by Crippen LogP contribution is -2.41. The Balaban J connectivity index is 0.00000361. The smallest absolute Gasteiger partial charge is 0.188 e. The lowest BCUT2D eigenvalue weighted by atomic mass is 9.93. The van der Waals surface area contributed by atoms with E-state index in [1.807, 2.05) is 0 Å². The van der Waals surface area contributed by atoms with Crippen LogP contribution in [0.4, 0.5) is 0 Å². The van der Waals surface area contributed by atoms with Gasteiger partial charge in [0.15, 0.2) is 5.96 Å². The van der Waals surface area contributed by atoms with Gasteiger partial charge in [0.25, 0.3) is 0 Å². The molecule has 20 heavy (non-hydrogen) atoms. The highest BCUT2D eigenvalue weighted by Gasteiger charge is 2.19. The zero-order chi connectivity index (χ0) is 14.3. The van der Waals surface area contributed by atoms with E-state index in [9.17, 15) is 0 Å². The van der Waals surface area contributed by atoms with Crippen LogP contribution in [0.3, 0.4) is 0 Å². The number of rotatable bonds is 5. The summed E-state index contributed by atoms with van der Waals surface area (Å²) < 4.78 is 0. The van der Waals surface area contributed by atoms with E-state index in [0.717, 1.165) is 13.1 Å². The zero-order valence-electron chi connectivity index (χ0n) is 13.6. The number of aliphatic imine (C=N–C) groups is 1. The van der Waals surface area contributed by atoms with Crippen LogP contribution in [0.5, 0.6) is 0 Å². The van der Waals surface area contributed by atoms with E-state index < -0.39 is 0 Å². The molecule has 4 nitrogen and oxygen atoms in total. The number of halogens is 1. The molecule has 1 rings (SSSR count). The second kappa shape index (κ2) is 9.82. The van der Waals surface area contributed by atoms with Gasteiger partial charge in [0.05, 0.1) is 0 Å². The van der Waals surface area contributed by atoms with Gasteiger partial charge in [-0.25, -0.2) is 0 Å². The molecular formula is C15H33IN4. The van der Waals surface area contributed by atoms with Crippen LogP contribution in [0.1, 0.15) is 52.4 Å². The van der Waals surface area contributed by atoms with Crippen LogP contribution in [0.25, 0.3) is 0 Å². The Kier molecular flexibility index (Phi) is 9.80. The molecule has 0 amide bonds. The minimum absolute atomic E-state index is 0. The van der Waals surface area contributed by atoms with Crippen molar-refractivity contribution in [1.82, 2.24) is 10.2 Å². The van der Waals surface area contributed by atoms with E-state index in [1.165, 1.54) is 38.5 Å². The van der Waals surface area contributed by atoms with Crippen molar-refractivity contribution >= 4 is 29.9 Å². The molecule has 0 heterocycles. The van der Waals surface area contributed by atoms with Crippen LogP contribution >= 0.6 is 24.0 Å². The third-order valence-corrected chi connectivity index (χ3v) is 3.63. The van der Waals surface area contributed by atoms with Crippen molar-refractivity contribution in [3.8, 4) is 0 Å². The Labute approximate surface area is 142 Å². The van der Waals surface area contributed by atoms with Gasteiger partial charge in [0.1, 0.15) is 0 Å². The van der Waals surface area contributed by atoms with Crippen LogP contribution in [0.15, 0.2) is 4.99 Å². The molecule has 0 atom stereocenters. The van der Waals surface area contributed by atoms with Gasteiger partial charge >= 0.3 is 0 Å². The van der Waals surface area contributed by atoms with E-state index in [-0.39, 0.29) is 29.4 Å². The summed E-state index contributed by atoms with van der Waals surface area (Å²) in [4.78, 5) is 6.73. The van der Waals surface area contributed by atoms with Gasteiger partial charge in [-0.15, -0.1) is 24.0 Å². The van der Waals surface area contributed by atoms with Crippen molar-refractivity contribution in [3.05, 3.63) is 0 Å². The fourth-order valence-electron chi connectivity index (χ4n) is 2.88. The van der Waals surface area contributed by atoms with Gasteiger partial charge in [0.2, 0.25) is 0 Å². The minimum atomic E-state index is 0. The van der Waals surface area contributed by atoms with Crippen LogP contribution in [-0.4, -0.2) is 44.1 Å². The van der Waals surface area contributed by atoms with E-state index in [2.05, 4.69) is 43.2 Å².